The summed E-state index contributed by atoms with van der Waals surface area (Å²) in [5, 5.41) is 9.02. The molecule has 0 saturated carbocycles. The van der Waals surface area contributed by atoms with Gasteiger partial charge in [0.25, 0.3) is 0 Å². The highest BCUT2D eigenvalue weighted by atomic mass is 32.2. The Labute approximate surface area is 190 Å². The van der Waals surface area contributed by atoms with Gasteiger partial charge in [-0.25, -0.2) is 0 Å². The van der Waals surface area contributed by atoms with E-state index >= 15 is 0 Å². The monoisotopic (exact) mass is 478 g/mol. The molecule has 0 spiro atoms. The summed E-state index contributed by atoms with van der Waals surface area (Å²) in [5.74, 6) is 1.65. The van der Waals surface area contributed by atoms with Crippen LogP contribution in [0.25, 0.3) is 15.9 Å². The number of rotatable bonds is 7. The molecule has 10 heteroatoms. The highest BCUT2D eigenvalue weighted by Crippen LogP contribution is 2.32. The second-order valence-electron chi connectivity index (χ2n) is 7.74. The number of hydrogen-bond donors (Lipinski definition) is 0. The van der Waals surface area contributed by atoms with Crippen LogP contribution in [-0.4, -0.2) is 25.1 Å². The molecular weight excluding hydrogens is 457 g/mol. The smallest absolute Gasteiger partial charge is 0.291 e. The number of fused-ring (bicyclic) bond motifs is 1. The van der Waals surface area contributed by atoms with Crippen molar-refractivity contribution in [1.82, 2.24) is 19.3 Å². The van der Waals surface area contributed by atoms with Gasteiger partial charge in [0.2, 0.25) is 0 Å². The van der Waals surface area contributed by atoms with Crippen LogP contribution in [0.3, 0.4) is 0 Å². The van der Waals surface area contributed by atoms with Gasteiger partial charge in [-0.1, -0.05) is 55.1 Å². The van der Waals surface area contributed by atoms with E-state index in [0.717, 1.165) is 45.9 Å². The van der Waals surface area contributed by atoms with Gasteiger partial charge in [0.05, 0.1) is 28.0 Å². The maximum absolute atomic E-state index is 13.3. The Hall–Kier alpha value is -2.59. The molecule has 0 amide bonds. The molecule has 0 aliphatic heterocycles. The quantitative estimate of drug-likeness (QED) is 0.313. The number of para-hydroxylation sites is 1. The van der Waals surface area contributed by atoms with E-state index in [1.54, 1.807) is 15.2 Å². The van der Waals surface area contributed by atoms with Crippen molar-refractivity contribution in [2.75, 3.05) is 5.75 Å². The number of benzene rings is 2. The van der Waals surface area contributed by atoms with Crippen LogP contribution in [0.4, 0.5) is 13.2 Å². The van der Waals surface area contributed by atoms with Crippen molar-refractivity contribution in [3.8, 4) is 5.69 Å². The summed E-state index contributed by atoms with van der Waals surface area (Å²) in [5.41, 5.74) is 0.334. The molecule has 0 saturated heterocycles. The van der Waals surface area contributed by atoms with Gasteiger partial charge in [-0.15, -0.1) is 10.2 Å². The fourth-order valence-corrected chi connectivity index (χ4v) is 5.37. The lowest BCUT2D eigenvalue weighted by atomic mass is 10.2. The Morgan fingerprint density at radius 1 is 1.09 bits per heavy atom. The molecule has 0 radical (unpaired) electrons. The van der Waals surface area contributed by atoms with Gasteiger partial charge in [-0.3, -0.25) is 13.9 Å². The normalized spacial score (nSPS) is 12.2. The minimum atomic E-state index is -4.46. The standard InChI is InChI=1S/C22H21F3N4OS2/c1-14(2)10-11-31-20-27-26-19(13-28-17-8-3-4-9-18(17)32-21(28)30)29(20)16-7-5-6-15(12-16)22(23,24)25/h3-9,12,14H,10-11,13H2,1-2H3. The highest BCUT2D eigenvalue weighted by molar-refractivity contribution is 7.99. The summed E-state index contributed by atoms with van der Waals surface area (Å²) in [6.07, 6.45) is -3.53. The zero-order valence-electron chi connectivity index (χ0n) is 17.5. The Morgan fingerprint density at radius 2 is 1.88 bits per heavy atom. The maximum atomic E-state index is 13.3. The van der Waals surface area contributed by atoms with E-state index in [2.05, 4.69) is 24.0 Å². The Balaban J connectivity index is 1.78. The highest BCUT2D eigenvalue weighted by Gasteiger charge is 2.31. The Bertz CT molecular complexity index is 1290. The third-order valence-corrected chi connectivity index (χ3v) is 6.85. The number of alkyl halides is 3. The number of thioether (sulfide) groups is 1. The fraction of sp³-hybridized carbons (Fsp3) is 0.318. The average Bonchev–Trinajstić information content (AvgIpc) is 3.28. The van der Waals surface area contributed by atoms with Crippen LogP contribution >= 0.6 is 23.1 Å². The summed E-state index contributed by atoms with van der Waals surface area (Å²) in [6, 6.07) is 12.5. The van der Waals surface area contributed by atoms with Crippen molar-refractivity contribution < 1.29 is 13.2 Å². The number of aromatic nitrogens is 4. The van der Waals surface area contributed by atoms with Crippen LogP contribution in [0.1, 0.15) is 31.7 Å². The van der Waals surface area contributed by atoms with E-state index in [4.69, 9.17) is 0 Å². The number of nitrogens with zero attached hydrogens (tertiary/aromatic N) is 4. The van der Waals surface area contributed by atoms with E-state index in [0.29, 0.717) is 22.6 Å². The van der Waals surface area contributed by atoms with Crippen molar-refractivity contribution >= 4 is 33.3 Å². The molecule has 0 aliphatic rings. The van der Waals surface area contributed by atoms with Gasteiger partial charge in [0.1, 0.15) is 0 Å². The average molecular weight is 479 g/mol. The summed E-state index contributed by atoms with van der Waals surface area (Å²) in [7, 11) is 0. The topological polar surface area (TPSA) is 52.7 Å². The third kappa shape index (κ3) is 4.75. The van der Waals surface area contributed by atoms with Crippen molar-refractivity contribution in [1.29, 1.82) is 0 Å². The molecule has 2 heterocycles. The van der Waals surface area contributed by atoms with Gasteiger partial charge < -0.3 is 0 Å². The molecule has 0 bridgehead atoms. The van der Waals surface area contributed by atoms with Crippen molar-refractivity contribution in [3.05, 3.63) is 69.6 Å². The van der Waals surface area contributed by atoms with Crippen molar-refractivity contribution in [2.24, 2.45) is 5.92 Å². The molecule has 5 nitrogen and oxygen atoms in total. The largest absolute Gasteiger partial charge is 0.416 e. The van der Waals surface area contributed by atoms with E-state index in [9.17, 15) is 18.0 Å². The van der Waals surface area contributed by atoms with Crippen LogP contribution in [-0.2, 0) is 12.7 Å². The SMILES string of the molecule is CC(C)CCSc1nnc(Cn2c(=O)sc3ccccc32)n1-c1cccc(C(F)(F)F)c1. The molecule has 4 rings (SSSR count). The molecule has 0 N–H and O–H groups in total. The predicted octanol–water partition coefficient (Wildman–Crippen LogP) is 5.85. The molecule has 2 aromatic heterocycles. The van der Waals surface area contributed by atoms with Gasteiger partial charge in [0.15, 0.2) is 11.0 Å². The summed E-state index contributed by atoms with van der Waals surface area (Å²) in [6.45, 7) is 4.33. The van der Waals surface area contributed by atoms with Gasteiger partial charge in [-0.2, -0.15) is 13.2 Å². The molecule has 2 aromatic carbocycles. The Morgan fingerprint density at radius 3 is 2.62 bits per heavy atom. The lowest BCUT2D eigenvalue weighted by Gasteiger charge is -2.14. The summed E-state index contributed by atoms with van der Waals surface area (Å²) < 4.78 is 44.1. The van der Waals surface area contributed by atoms with E-state index < -0.39 is 11.7 Å². The molecular formula is C22H21F3N4OS2. The van der Waals surface area contributed by atoms with Crippen molar-refractivity contribution in [2.45, 2.75) is 38.1 Å². The first kappa shape index (κ1) is 22.6. The van der Waals surface area contributed by atoms with Crippen LogP contribution in [0, 0.1) is 5.92 Å². The number of hydrogen-bond acceptors (Lipinski definition) is 5. The fourth-order valence-electron chi connectivity index (χ4n) is 3.27. The molecule has 0 atom stereocenters. The van der Waals surface area contributed by atoms with E-state index in [-0.39, 0.29) is 11.4 Å². The van der Waals surface area contributed by atoms with E-state index in [1.165, 1.54) is 17.8 Å². The zero-order chi connectivity index (χ0) is 22.9. The molecule has 0 unspecified atom stereocenters. The molecule has 168 valence electrons. The number of halogens is 3. The van der Waals surface area contributed by atoms with E-state index in [1.807, 2.05) is 24.3 Å². The van der Waals surface area contributed by atoms with Gasteiger partial charge in [0, 0.05) is 5.75 Å². The van der Waals surface area contributed by atoms with Gasteiger partial charge in [-0.05, 0) is 42.7 Å². The summed E-state index contributed by atoms with van der Waals surface area (Å²) in [4.78, 5) is 12.4. The lowest BCUT2D eigenvalue weighted by molar-refractivity contribution is -0.137. The molecule has 0 fully saturated rings. The second kappa shape index (κ2) is 9.11. The van der Waals surface area contributed by atoms with Crippen LogP contribution in [0.15, 0.2) is 58.5 Å². The van der Waals surface area contributed by atoms with Crippen LogP contribution in [0.2, 0.25) is 0 Å². The van der Waals surface area contributed by atoms with Crippen LogP contribution < -0.4 is 4.87 Å². The second-order valence-corrected chi connectivity index (χ2v) is 9.79. The maximum Gasteiger partial charge on any atom is 0.416 e. The first-order chi connectivity index (χ1) is 15.2. The lowest BCUT2D eigenvalue weighted by Crippen LogP contribution is -2.17. The van der Waals surface area contributed by atoms with Crippen LogP contribution in [0.5, 0.6) is 0 Å². The zero-order valence-corrected chi connectivity index (χ0v) is 19.1. The number of thiazole rings is 1. The minimum Gasteiger partial charge on any atom is -0.291 e. The first-order valence-electron chi connectivity index (χ1n) is 10.1. The third-order valence-electron chi connectivity index (χ3n) is 4.93. The Kier molecular flexibility index (Phi) is 6.43. The minimum absolute atomic E-state index is 0.108. The van der Waals surface area contributed by atoms with Crippen molar-refractivity contribution in [3.63, 3.8) is 0 Å². The molecule has 32 heavy (non-hydrogen) atoms. The van der Waals surface area contributed by atoms with Gasteiger partial charge >= 0.3 is 11.0 Å². The molecule has 0 aliphatic carbocycles. The first-order valence-corrected chi connectivity index (χ1v) is 11.9. The molecule has 4 aromatic rings. The summed E-state index contributed by atoms with van der Waals surface area (Å²) >= 11 is 2.57. The predicted molar refractivity (Wildman–Crippen MR) is 122 cm³/mol.